The molecule has 1 N–H and O–H groups in total. The lowest BCUT2D eigenvalue weighted by Gasteiger charge is -2.37. The Morgan fingerprint density at radius 2 is 2.06 bits per heavy atom. The maximum Gasteiger partial charge on any atom is 0.242 e. The first-order valence-corrected chi connectivity index (χ1v) is 7.37. The van der Waals surface area contributed by atoms with Gasteiger partial charge in [0.05, 0.1) is 5.54 Å². The van der Waals surface area contributed by atoms with Crippen molar-refractivity contribution >= 4 is 5.91 Å². The average Bonchev–Trinajstić information content (AvgIpc) is 2.77. The van der Waals surface area contributed by atoms with Crippen LogP contribution in [0.4, 0.5) is 0 Å². The molecule has 18 heavy (non-hydrogen) atoms. The number of carbonyl (C=O) groups excluding carboxylic acids is 1. The highest BCUT2D eigenvalue weighted by Gasteiger charge is 2.41. The number of rotatable bonds is 1. The first kappa shape index (κ1) is 13.9. The minimum Gasteiger partial charge on any atom is -0.341 e. The van der Waals surface area contributed by atoms with Crippen LogP contribution in [0.15, 0.2) is 0 Å². The van der Waals surface area contributed by atoms with Crippen molar-refractivity contribution in [1.82, 2.24) is 10.2 Å². The van der Waals surface area contributed by atoms with Crippen molar-refractivity contribution in [2.75, 3.05) is 19.6 Å². The molecule has 2 atom stereocenters. The predicted octanol–water partition coefficient (Wildman–Crippen LogP) is 2.41. The fraction of sp³-hybridized carbons (Fsp3) is 0.933. The van der Waals surface area contributed by atoms with Crippen LogP contribution in [0.5, 0.6) is 0 Å². The van der Waals surface area contributed by atoms with Crippen LogP contribution in [-0.4, -0.2) is 36.0 Å². The molecule has 0 aromatic heterocycles. The van der Waals surface area contributed by atoms with E-state index in [4.69, 9.17) is 0 Å². The Bertz CT molecular complexity index is 313. The molecular weight excluding hydrogens is 224 g/mol. The second kappa shape index (κ2) is 4.84. The standard InChI is InChI=1S/C15H28N2O/c1-14(2,3)12-7-10-17(11-12)13(18)15(4)8-5-6-9-16-15/h12,16H,5-11H2,1-4H3. The molecule has 0 spiro atoms. The highest BCUT2D eigenvalue weighted by molar-refractivity contribution is 5.86. The number of hydrogen-bond donors (Lipinski definition) is 1. The smallest absolute Gasteiger partial charge is 0.242 e. The van der Waals surface area contributed by atoms with Gasteiger partial charge in [-0.25, -0.2) is 0 Å². The molecule has 2 fully saturated rings. The van der Waals surface area contributed by atoms with Gasteiger partial charge in [-0.2, -0.15) is 0 Å². The zero-order valence-electron chi connectivity index (χ0n) is 12.4. The average molecular weight is 252 g/mol. The van der Waals surface area contributed by atoms with Crippen molar-refractivity contribution in [3.8, 4) is 0 Å². The second-order valence-electron chi connectivity index (χ2n) is 7.32. The molecule has 0 aromatic carbocycles. The van der Waals surface area contributed by atoms with Gasteiger partial charge in [-0.1, -0.05) is 20.8 Å². The van der Waals surface area contributed by atoms with Gasteiger partial charge >= 0.3 is 0 Å². The minimum atomic E-state index is -0.301. The third-order valence-electron chi connectivity index (χ3n) is 4.79. The van der Waals surface area contributed by atoms with Crippen LogP contribution in [-0.2, 0) is 4.79 Å². The normalized spacial score (nSPS) is 33.8. The third-order valence-corrected chi connectivity index (χ3v) is 4.79. The van der Waals surface area contributed by atoms with Crippen LogP contribution in [0.25, 0.3) is 0 Å². The van der Waals surface area contributed by atoms with Gasteiger partial charge in [0.1, 0.15) is 0 Å². The summed E-state index contributed by atoms with van der Waals surface area (Å²) in [5.74, 6) is 0.975. The lowest BCUT2D eigenvalue weighted by atomic mass is 9.80. The van der Waals surface area contributed by atoms with Gasteiger partial charge in [0.15, 0.2) is 0 Å². The summed E-state index contributed by atoms with van der Waals surface area (Å²) in [6.07, 6.45) is 4.52. The van der Waals surface area contributed by atoms with E-state index in [0.717, 1.165) is 32.5 Å². The van der Waals surface area contributed by atoms with E-state index in [9.17, 15) is 4.79 Å². The van der Waals surface area contributed by atoms with Gasteiger partial charge < -0.3 is 10.2 Å². The van der Waals surface area contributed by atoms with E-state index in [1.54, 1.807) is 0 Å². The van der Waals surface area contributed by atoms with Crippen LogP contribution in [0.3, 0.4) is 0 Å². The molecule has 3 nitrogen and oxygen atoms in total. The van der Waals surface area contributed by atoms with Gasteiger partial charge in [0.2, 0.25) is 5.91 Å². The van der Waals surface area contributed by atoms with Gasteiger partial charge in [0.25, 0.3) is 0 Å². The Morgan fingerprint density at radius 1 is 1.33 bits per heavy atom. The minimum absolute atomic E-state index is 0.301. The molecule has 0 bridgehead atoms. The van der Waals surface area contributed by atoms with E-state index in [0.29, 0.717) is 17.2 Å². The summed E-state index contributed by atoms with van der Waals surface area (Å²) in [7, 11) is 0. The molecule has 2 aliphatic heterocycles. The summed E-state index contributed by atoms with van der Waals surface area (Å²) in [6.45, 7) is 11.8. The molecule has 3 heteroatoms. The largest absolute Gasteiger partial charge is 0.341 e. The van der Waals surface area contributed by atoms with Crippen LogP contribution in [0.1, 0.15) is 53.4 Å². The Labute approximate surface area is 111 Å². The molecule has 2 unspecified atom stereocenters. The van der Waals surface area contributed by atoms with Crippen molar-refractivity contribution in [2.45, 2.75) is 58.9 Å². The number of amides is 1. The van der Waals surface area contributed by atoms with Gasteiger partial charge in [-0.3, -0.25) is 4.79 Å². The SMILES string of the molecule is CC1(C(=O)N2CCC(C(C)(C)C)C2)CCCCN1. The van der Waals surface area contributed by atoms with E-state index >= 15 is 0 Å². The maximum absolute atomic E-state index is 12.7. The highest BCUT2D eigenvalue weighted by Crippen LogP contribution is 2.35. The molecule has 2 rings (SSSR count). The molecule has 0 aliphatic carbocycles. The van der Waals surface area contributed by atoms with Crippen LogP contribution in [0, 0.1) is 11.3 Å². The summed E-state index contributed by atoms with van der Waals surface area (Å²) >= 11 is 0. The molecule has 104 valence electrons. The third kappa shape index (κ3) is 2.71. The number of nitrogens with zero attached hydrogens (tertiary/aromatic N) is 1. The summed E-state index contributed by atoms with van der Waals surface area (Å²) in [4.78, 5) is 14.7. The fourth-order valence-corrected chi connectivity index (χ4v) is 3.24. The first-order valence-electron chi connectivity index (χ1n) is 7.37. The van der Waals surface area contributed by atoms with Gasteiger partial charge in [0, 0.05) is 13.1 Å². The first-order chi connectivity index (χ1) is 8.33. The predicted molar refractivity (Wildman–Crippen MR) is 74.4 cm³/mol. The molecule has 2 heterocycles. The van der Waals surface area contributed by atoms with Crippen molar-refractivity contribution in [3.05, 3.63) is 0 Å². The lowest BCUT2D eigenvalue weighted by Crippen LogP contribution is -2.57. The van der Waals surface area contributed by atoms with Crippen molar-refractivity contribution in [1.29, 1.82) is 0 Å². The quantitative estimate of drug-likeness (QED) is 0.777. The molecule has 0 aromatic rings. The van der Waals surface area contributed by atoms with Gasteiger partial charge in [-0.05, 0) is 50.5 Å². The lowest BCUT2D eigenvalue weighted by molar-refractivity contribution is -0.137. The zero-order valence-corrected chi connectivity index (χ0v) is 12.4. The molecule has 1 amide bonds. The Kier molecular flexibility index (Phi) is 3.72. The number of carbonyl (C=O) groups is 1. The van der Waals surface area contributed by atoms with Crippen LogP contribution in [0.2, 0.25) is 0 Å². The number of likely N-dealkylation sites (tertiary alicyclic amines) is 1. The topological polar surface area (TPSA) is 32.3 Å². The Hall–Kier alpha value is -0.570. The van der Waals surface area contributed by atoms with E-state index < -0.39 is 0 Å². The maximum atomic E-state index is 12.7. The number of nitrogens with one attached hydrogen (secondary N) is 1. The number of hydrogen-bond acceptors (Lipinski definition) is 2. The summed E-state index contributed by atoms with van der Waals surface area (Å²) in [6, 6.07) is 0. The molecule has 0 radical (unpaired) electrons. The van der Waals surface area contributed by atoms with Crippen molar-refractivity contribution < 1.29 is 4.79 Å². The van der Waals surface area contributed by atoms with E-state index in [2.05, 4.69) is 37.9 Å². The van der Waals surface area contributed by atoms with Crippen LogP contribution >= 0.6 is 0 Å². The summed E-state index contributed by atoms with van der Waals surface area (Å²) in [5, 5.41) is 3.43. The monoisotopic (exact) mass is 252 g/mol. The van der Waals surface area contributed by atoms with E-state index in [1.165, 1.54) is 12.8 Å². The highest BCUT2D eigenvalue weighted by atomic mass is 16.2. The van der Waals surface area contributed by atoms with Crippen molar-refractivity contribution in [3.63, 3.8) is 0 Å². The number of piperidine rings is 1. The van der Waals surface area contributed by atoms with Crippen LogP contribution < -0.4 is 5.32 Å². The molecule has 2 saturated heterocycles. The molecule has 0 saturated carbocycles. The fourth-order valence-electron chi connectivity index (χ4n) is 3.24. The second-order valence-corrected chi connectivity index (χ2v) is 7.32. The molecule has 2 aliphatic rings. The summed E-state index contributed by atoms with van der Waals surface area (Å²) < 4.78 is 0. The summed E-state index contributed by atoms with van der Waals surface area (Å²) in [5.41, 5.74) is 0.0148. The van der Waals surface area contributed by atoms with E-state index in [1.807, 2.05) is 0 Å². The Morgan fingerprint density at radius 3 is 2.56 bits per heavy atom. The molecular formula is C15H28N2O. The Balaban J connectivity index is 1.99. The zero-order chi connectivity index (χ0) is 13.4. The van der Waals surface area contributed by atoms with Crippen molar-refractivity contribution in [2.24, 2.45) is 11.3 Å². The van der Waals surface area contributed by atoms with Gasteiger partial charge in [-0.15, -0.1) is 0 Å². The van der Waals surface area contributed by atoms with E-state index in [-0.39, 0.29) is 5.54 Å².